The molecule has 194 valence electrons. The first-order valence-electron chi connectivity index (χ1n) is 13.9. The highest BCUT2D eigenvalue weighted by Gasteiger charge is 2.11. The van der Waals surface area contributed by atoms with Gasteiger partial charge in [0.2, 0.25) is 0 Å². The summed E-state index contributed by atoms with van der Waals surface area (Å²) in [7, 11) is 0. The highest BCUT2D eigenvalue weighted by molar-refractivity contribution is 5.34. The SMILES string of the molecule is CC(C)C1=CCC(C(C)C)=C1.CC(C)c1ccc(C(C)C)cc1.CC(C)c1cccc(C(C)C)c1. The maximum Gasteiger partial charge on any atom is -0.0127 e. The first-order valence-corrected chi connectivity index (χ1v) is 13.9. The highest BCUT2D eigenvalue weighted by atomic mass is 14.2. The second kappa shape index (κ2) is 15.1. The molecule has 35 heavy (non-hydrogen) atoms. The van der Waals surface area contributed by atoms with Crippen LogP contribution < -0.4 is 0 Å². The number of hydrogen-bond donors (Lipinski definition) is 0. The monoisotopic (exact) mass is 474 g/mol. The maximum absolute atomic E-state index is 2.37. The lowest BCUT2D eigenvalue weighted by Crippen LogP contribution is -1.91. The van der Waals surface area contributed by atoms with Gasteiger partial charge in [-0.3, -0.25) is 0 Å². The third kappa shape index (κ3) is 11.0. The Balaban J connectivity index is 0.000000263. The number of benzene rings is 2. The van der Waals surface area contributed by atoms with Crippen molar-refractivity contribution >= 4 is 0 Å². The molecule has 0 unspecified atom stereocenters. The molecule has 2 aromatic carbocycles. The van der Waals surface area contributed by atoms with Gasteiger partial charge < -0.3 is 0 Å². The van der Waals surface area contributed by atoms with Crippen molar-refractivity contribution in [3.05, 3.63) is 94.1 Å². The lowest BCUT2D eigenvalue weighted by molar-refractivity contribution is 0.751. The lowest BCUT2D eigenvalue weighted by atomic mass is 9.96. The van der Waals surface area contributed by atoms with Crippen LogP contribution >= 0.6 is 0 Å². The van der Waals surface area contributed by atoms with E-state index < -0.39 is 0 Å². The Bertz CT molecular complexity index is 865. The molecule has 0 saturated heterocycles. The molecule has 0 amide bonds. The molecule has 0 fully saturated rings. The van der Waals surface area contributed by atoms with Crippen LogP contribution in [0.4, 0.5) is 0 Å². The third-order valence-electron chi connectivity index (χ3n) is 6.85. The quantitative estimate of drug-likeness (QED) is 0.390. The molecule has 3 rings (SSSR count). The van der Waals surface area contributed by atoms with Crippen LogP contribution in [0.3, 0.4) is 0 Å². The summed E-state index contributed by atoms with van der Waals surface area (Å²) in [6.45, 7) is 26.9. The summed E-state index contributed by atoms with van der Waals surface area (Å²) < 4.78 is 0. The van der Waals surface area contributed by atoms with E-state index >= 15 is 0 Å². The lowest BCUT2D eigenvalue weighted by Gasteiger charge is -2.09. The van der Waals surface area contributed by atoms with Crippen LogP contribution in [0, 0.1) is 11.8 Å². The van der Waals surface area contributed by atoms with Gasteiger partial charge in [-0.2, -0.15) is 0 Å². The minimum absolute atomic E-state index is 0.642. The second-order valence-electron chi connectivity index (χ2n) is 11.9. The van der Waals surface area contributed by atoms with Gasteiger partial charge in [-0.1, -0.05) is 149 Å². The summed E-state index contributed by atoms with van der Waals surface area (Å²) in [4.78, 5) is 0. The predicted molar refractivity (Wildman–Crippen MR) is 160 cm³/mol. The summed E-state index contributed by atoms with van der Waals surface area (Å²) in [6.07, 6.45) is 5.92. The number of hydrogen-bond acceptors (Lipinski definition) is 0. The van der Waals surface area contributed by atoms with E-state index in [1.165, 1.54) is 34.2 Å². The van der Waals surface area contributed by atoms with E-state index in [0.717, 1.165) is 5.92 Å². The van der Waals surface area contributed by atoms with E-state index in [-0.39, 0.29) is 0 Å². The van der Waals surface area contributed by atoms with Gasteiger partial charge >= 0.3 is 0 Å². The minimum atomic E-state index is 0.642. The molecule has 0 aromatic heterocycles. The molecule has 1 aliphatic carbocycles. The topological polar surface area (TPSA) is 0 Å². The van der Waals surface area contributed by atoms with Gasteiger partial charge in [0.15, 0.2) is 0 Å². The normalized spacial score (nSPS) is 13.2. The summed E-state index contributed by atoms with van der Waals surface area (Å²) in [5.74, 6) is 4.00. The van der Waals surface area contributed by atoms with Gasteiger partial charge in [-0.25, -0.2) is 0 Å². The van der Waals surface area contributed by atoms with Crippen molar-refractivity contribution in [3.63, 3.8) is 0 Å². The van der Waals surface area contributed by atoms with Gasteiger partial charge in [0, 0.05) is 0 Å². The van der Waals surface area contributed by atoms with Crippen LogP contribution in [0.2, 0.25) is 0 Å². The van der Waals surface area contributed by atoms with Crippen LogP contribution in [0.1, 0.15) is 135 Å². The Kier molecular flexibility index (Phi) is 13.4. The van der Waals surface area contributed by atoms with Crippen molar-refractivity contribution in [1.82, 2.24) is 0 Å². The summed E-state index contributed by atoms with van der Waals surface area (Å²) >= 11 is 0. The fraction of sp³-hybridized carbons (Fsp3) is 0.543. The molecular weight excluding hydrogens is 420 g/mol. The first kappa shape index (κ1) is 31.0. The van der Waals surface area contributed by atoms with E-state index in [1.54, 1.807) is 5.57 Å². The fourth-order valence-corrected chi connectivity index (χ4v) is 3.92. The molecule has 0 aliphatic heterocycles. The zero-order valence-electron chi connectivity index (χ0n) is 24.9. The van der Waals surface area contributed by atoms with Crippen molar-refractivity contribution in [3.8, 4) is 0 Å². The summed E-state index contributed by atoms with van der Waals surface area (Å²) in [5, 5.41) is 0. The van der Waals surface area contributed by atoms with Gasteiger partial charge in [0.25, 0.3) is 0 Å². The zero-order valence-corrected chi connectivity index (χ0v) is 24.9. The van der Waals surface area contributed by atoms with Crippen LogP contribution in [0.15, 0.2) is 71.8 Å². The molecule has 0 N–H and O–H groups in total. The van der Waals surface area contributed by atoms with Crippen molar-refractivity contribution < 1.29 is 0 Å². The highest BCUT2D eigenvalue weighted by Crippen LogP contribution is 2.27. The molecule has 0 bridgehead atoms. The van der Waals surface area contributed by atoms with E-state index in [4.69, 9.17) is 0 Å². The van der Waals surface area contributed by atoms with Crippen LogP contribution in [-0.2, 0) is 0 Å². The van der Waals surface area contributed by atoms with Crippen LogP contribution in [0.5, 0.6) is 0 Å². The third-order valence-corrected chi connectivity index (χ3v) is 6.85. The Morgan fingerprint density at radius 3 is 1.11 bits per heavy atom. The molecule has 0 heterocycles. The van der Waals surface area contributed by atoms with E-state index in [1.807, 2.05) is 0 Å². The largest absolute Gasteiger partial charge is 0.0770 e. The van der Waals surface area contributed by atoms with Gasteiger partial charge in [-0.05, 0) is 69.8 Å². The second-order valence-corrected chi connectivity index (χ2v) is 11.9. The van der Waals surface area contributed by atoms with Crippen molar-refractivity contribution in [2.75, 3.05) is 0 Å². The van der Waals surface area contributed by atoms with E-state index in [2.05, 4.69) is 144 Å². The smallest absolute Gasteiger partial charge is 0.0127 e. The average molecular weight is 475 g/mol. The van der Waals surface area contributed by atoms with Crippen molar-refractivity contribution in [2.24, 2.45) is 11.8 Å². The van der Waals surface area contributed by atoms with Crippen LogP contribution in [0.25, 0.3) is 0 Å². The molecular formula is C35H54. The molecule has 0 atom stereocenters. The summed E-state index contributed by atoms with van der Waals surface area (Å²) in [6, 6.07) is 17.8. The first-order chi connectivity index (χ1) is 16.3. The van der Waals surface area contributed by atoms with Gasteiger partial charge in [0.1, 0.15) is 0 Å². The minimum Gasteiger partial charge on any atom is -0.0770 e. The molecule has 0 heteroatoms. The van der Waals surface area contributed by atoms with Crippen molar-refractivity contribution in [2.45, 2.75) is 113 Å². The fourth-order valence-electron chi connectivity index (χ4n) is 3.92. The van der Waals surface area contributed by atoms with Crippen molar-refractivity contribution in [1.29, 1.82) is 0 Å². The predicted octanol–water partition coefficient (Wildman–Crippen LogP) is 11.4. The molecule has 0 spiro atoms. The molecule has 0 saturated carbocycles. The Hall–Kier alpha value is -2.08. The Morgan fingerprint density at radius 1 is 0.457 bits per heavy atom. The standard InChI is InChI=1S/2C12H18.C11H18/c1-9(2)11-5-7-12(8-6-11)10(3)4;1-9(2)11-6-5-7-12(8-11)10(3)4;1-8(2)10-5-6-11(7-10)9(3)4/h2*5-10H,1-4H3;5,7-9H,6H2,1-4H3. The molecule has 1 aliphatic rings. The van der Waals surface area contributed by atoms with Gasteiger partial charge in [0.05, 0.1) is 0 Å². The molecule has 0 nitrogen and oxygen atoms in total. The van der Waals surface area contributed by atoms with Gasteiger partial charge in [-0.15, -0.1) is 0 Å². The number of allylic oxidation sites excluding steroid dienone is 4. The maximum atomic E-state index is 2.37. The average Bonchev–Trinajstić information content (AvgIpc) is 3.31. The molecule has 2 aromatic rings. The Morgan fingerprint density at radius 2 is 0.857 bits per heavy atom. The van der Waals surface area contributed by atoms with E-state index in [0.29, 0.717) is 29.6 Å². The summed E-state index contributed by atoms with van der Waals surface area (Å²) in [5.41, 5.74) is 8.86. The molecule has 0 radical (unpaired) electrons. The zero-order chi connectivity index (χ0) is 26.7. The van der Waals surface area contributed by atoms with E-state index in [9.17, 15) is 0 Å². The Labute approximate surface area is 219 Å². The van der Waals surface area contributed by atoms with Crippen LogP contribution in [-0.4, -0.2) is 0 Å². The number of rotatable bonds is 6.